The van der Waals surface area contributed by atoms with Gasteiger partial charge in [-0.05, 0) is 23.8 Å². The van der Waals surface area contributed by atoms with Gasteiger partial charge in [-0.3, -0.25) is 9.59 Å². The zero-order valence-corrected chi connectivity index (χ0v) is 14.6. The van der Waals surface area contributed by atoms with E-state index in [1.807, 2.05) is 0 Å². The van der Waals surface area contributed by atoms with E-state index in [-0.39, 0.29) is 12.2 Å². The largest absolute Gasteiger partial charge is 0.484 e. The summed E-state index contributed by atoms with van der Waals surface area (Å²) in [6, 6.07) is 12.5. The van der Waals surface area contributed by atoms with Crippen LogP contribution >= 0.6 is 0 Å². The Morgan fingerprint density at radius 3 is 2.37 bits per heavy atom. The molecule has 0 heterocycles. The minimum atomic E-state index is -4.50. The molecule has 27 heavy (non-hydrogen) atoms. The third kappa shape index (κ3) is 5.73. The molecule has 2 aromatic carbocycles. The fourth-order valence-electron chi connectivity index (χ4n) is 2.53. The Labute approximate surface area is 154 Å². The van der Waals surface area contributed by atoms with Crippen LogP contribution in [0.1, 0.15) is 23.6 Å². The van der Waals surface area contributed by atoms with Crippen molar-refractivity contribution >= 4 is 11.8 Å². The molecule has 5 nitrogen and oxygen atoms in total. The van der Waals surface area contributed by atoms with Crippen LogP contribution in [0.4, 0.5) is 13.2 Å². The Balaban J connectivity index is 2.08. The van der Waals surface area contributed by atoms with Crippen molar-refractivity contribution < 1.29 is 27.5 Å². The number of primary amides is 1. The van der Waals surface area contributed by atoms with Crippen LogP contribution in [0, 0.1) is 0 Å². The molecule has 0 aromatic heterocycles. The van der Waals surface area contributed by atoms with E-state index in [0.29, 0.717) is 5.56 Å². The standard InChI is InChI=1S/C19H19F3N2O3/c1-24(16(11-17(23)25)13-6-3-2-4-7-13)18(26)12-27-15-9-5-8-14(10-15)19(20,21)22/h2-10,16H,11-12H2,1H3,(H2,23,25). The summed E-state index contributed by atoms with van der Waals surface area (Å²) < 4.78 is 43.4. The van der Waals surface area contributed by atoms with Gasteiger partial charge in [-0.2, -0.15) is 13.2 Å². The maximum atomic E-state index is 12.7. The monoisotopic (exact) mass is 380 g/mol. The number of benzene rings is 2. The average Bonchev–Trinajstić information content (AvgIpc) is 2.63. The van der Waals surface area contributed by atoms with Crippen LogP contribution in [-0.2, 0) is 15.8 Å². The Morgan fingerprint density at radius 2 is 1.78 bits per heavy atom. The summed E-state index contributed by atoms with van der Waals surface area (Å²) >= 11 is 0. The Hall–Kier alpha value is -3.03. The second-order valence-corrected chi connectivity index (χ2v) is 5.92. The van der Waals surface area contributed by atoms with Crippen molar-refractivity contribution in [3.05, 3.63) is 65.7 Å². The molecule has 0 spiro atoms. The van der Waals surface area contributed by atoms with Crippen LogP contribution in [0.2, 0.25) is 0 Å². The predicted octanol–water partition coefficient (Wildman–Crippen LogP) is 3.16. The predicted molar refractivity (Wildman–Crippen MR) is 92.7 cm³/mol. The highest BCUT2D eigenvalue weighted by molar-refractivity contribution is 5.80. The molecule has 0 saturated heterocycles. The summed E-state index contributed by atoms with van der Waals surface area (Å²) in [5.41, 5.74) is 5.13. The lowest BCUT2D eigenvalue weighted by Gasteiger charge is -2.28. The molecule has 2 aromatic rings. The highest BCUT2D eigenvalue weighted by Crippen LogP contribution is 2.31. The fraction of sp³-hybridized carbons (Fsp3) is 0.263. The number of likely N-dealkylation sites (N-methyl/N-ethyl adjacent to an activating group) is 1. The van der Waals surface area contributed by atoms with Gasteiger partial charge in [-0.25, -0.2) is 0 Å². The molecule has 0 fully saturated rings. The first-order valence-corrected chi connectivity index (χ1v) is 8.07. The highest BCUT2D eigenvalue weighted by Gasteiger charge is 2.30. The molecule has 8 heteroatoms. The summed E-state index contributed by atoms with van der Waals surface area (Å²) in [5.74, 6) is -1.15. The number of hydrogen-bond donors (Lipinski definition) is 1. The molecular formula is C19H19F3N2O3. The van der Waals surface area contributed by atoms with E-state index in [1.54, 1.807) is 30.3 Å². The number of carbonyl (C=O) groups excluding carboxylic acids is 2. The first-order valence-electron chi connectivity index (χ1n) is 8.07. The number of amides is 2. The van der Waals surface area contributed by atoms with E-state index in [2.05, 4.69) is 0 Å². The maximum Gasteiger partial charge on any atom is 0.416 e. The van der Waals surface area contributed by atoms with Crippen molar-refractivity contribution in [1.82, 2.24) is 4.90 Å². The summed E-state index contributed by atoms with van der Waals surface area (Å²) in [6.07, 6.45) is -4.59. The van der Waals surface area contributed by atoms with Crippen molar-refractivity contribution in [1.29, 1.82) is 0 Å². The number of carbonyl (C=O) groups is 2. The van der Waals surface area contributed by atoms with Gasteiger partial charge in [0, 0.05) is 7.05 Å². The van der Waals surface area contributed by atoms with Crippen molar-refractivity contribution in [2.75, 3.05) is 13.7 Å². The van der Waals surface area contributed by atoms with Crippen molar-refractivity contribution in [2.24, 2.45) is 5.73 Å². The summed E-state index contributed by atoms with van der Waals surface area (Å²) in [7, 11) is 1.48. The number of ether oxygens (including phenoxy) is 1. The lowest BCUT2D eigenvalue weighted by atomic mass is 10.0. The number of nitrogens with two attached hydrogens (primary N) is 1. The number of rotatable bonds is 7. The maximum absolute atomic E-state index is 12.7. The molecule has 2 rings (SSSR count). The number of alkyl halides is 3. The highest BCUT2D eigenvalue weighted by atomic mass is 19.4. The molecule has 0 bridgehead atoms. The van der Waals surface area contributed by atoms with E-state index in [4.69, 9.17) is 10.5 Å². The van der Waals surface area contributed by atoms with Gasteiger partial charge in [0.15, 0.2) is 6.61 Å². The molecule has 1 atom stereocenters. The Bertz CT molecular complexity index is 794. The van der Waals surface area contributed by atoms with E-state index in [9.17, 15) is 22.8 Å². The zero-order chi connectivity index (χ0) is 20.0. The van der Waals surface area contributed by atoms with Gasteiger partial charge in [-0.1, -0.05) is 36.4 Å². The smallest absolute Gasteiger partial charge is 0.416 e. The number of hydrogen-bond acceptors (Lipinski definition) is 3. The lowest BCUT2D eigenvalue weighted by molar-refractivity contribution is -0.137. The fourth-order valence-corrected chi connectivity index (χ4v) is 2.53. The third-order valence-electron chi connectivity index (χ3n) is 3.96. The van der Waals surface area contributed by atoms with Gasteiger partial charge in [0.05, 0.1) is 18.0 Å². The Kier molecular flexibility index (Phi) is 6.44. The average molecular weight is 380 g/mol. The normalized spacial score (nSPS) is 12.3. The van der Waals surface area contributed by atoms with Crippen LogP contribution in [0.3, 0.4) is 0 Å². The first-order chi connectivity index (χ1) is 12.7. The molecule has 2 amide bonds. The molecule has 144 valence electrons. The molecule has 2 N–H and O–H groups in total. The quantitative estimate of drug-likeness (QED) is 0.802. The summed E-state index contributed by atoms with van der Waals surface area (Å²) in [4.78, 5) is 25.1. The zero-order valence-electron chi connectivity index (χ0n) is 14.6. The van der Waals surface area contributed by atoms with Crippen LogP contribution < -0.4 is 10.5 Å². The molecule has 1 unspecified atom stereocenters. The van der Waals surface area contributed by atoms with Gasteiger partial charge < -0.3 is 15.4 Å². The lowest BCUT2D eigenvalue weighted by Crippen LogP contribution is -2.36. The third-order valence-corrected chi connectivity index (χ3v) is 3.96. The topological polar surface area (TPSA) is 72.6 Å². The second kappa shape index (κ2) is 8.57. The van der Waals surface area contributed by atoms with Crippen molar-refractivity contribution in [3.63, 3.8) is 0 Å². The SMILES string of the molecule is CN(C(=O)COc1cccc(C(F)(F)F)c1)C(CC(N)=O)c1ccccc1. The van der Waals surface area contributed by atoms with E-state index in [1.165, 1.54) is 24.1 Å². The summed E-state index contributed by atoms with van der Waals surface area (Å²) in [6.45, 7) is -0.472. The molecule has 0 radical (unpaired) electrons. The van der Waals surface area contributed by atoms with Crippen molar-refractivity contribution in [3.8, 4) is 5.75 Å². The molecule has 0 aliphatic rings. The van der Waals surface area contributed by atoms with Gasteiger partial charge in [0.25, 0.3) is 5.91 Å². The van der Waals surface area contributed by atoms with Gasteiger partial charge >= 0.3 is 6.18 Å². The van der Waals surface area contributed by atoms with Crippen LogP contribution in [0.5, 0.6) is 5.75 Å². The molecule has 0 aliphatic heterocycles. The Morgan fingerprint density at radius 1 is 1.11 bits per heavy atom. The molecular weight excluding hydrogens is 361 g/mol. The van der Waals surface area contributed by atoms with Crippen molar-refractivity contribution in [2.45, 2.75) is 18.6 Å². The molecule has 0 aliphatic carbocycles. The van der Waals surface area contributed by atoms with Gasteiger partial charge in [0.2, 0.25) is 5.91 Å². The van der Waals surface area contributed by atoms with Crippen LogP contribution in [-0.4, -0.2) is 30.4 Å². The number of halogens is 3. The summed E-state index contributed by atoms with van der Waals surface area (Å²) in [5, 5.41) is 0. The van der Waals surface area contributed by atoms with E-state index in [0.717, 1.165) is 12.1 Å². The minimum absolute atomic E-state index is 0.0715. The molecule has 0 saturated carbocycles. The van der Waals surface area contributed by atoms with E-state index < -0.39 is 36.2 Å². The van der Waals surface area contributed by atoms with Crippen LogP contribution in [0.25, 0.3) is 0 Å². The number of nitrogens with zero attached hydrogens (tertiary/aromatic N) is 1. The van der Waals surface area contributed by atoms with Crippen LogP contribution in [0.15, 0.2) is 54.6 Å². The minimum Gasteiger partial charge on any atom is -0.484 e. The van der Waals surface area contributed by atoms with Gasteiger partial charge in [0.1, 0.15) is 5.75 Å². The van der Waals surface area contributed by atoms with E-state index >= 15 is 0 Å². The van der Waals surface area contributed by atoms with Gasteiger partial charge in [-0.15, -0.1) is 0 Å². The second-order valence-electron chi connectivity index (χ2n) is 5.92. The first kappa shape index (κ1) is 20.3.